The Labute approximate surface area is 115 Å². The Morgan fingerprint density at radius 1 is 1.32 bits per heavy atom. The quantitative estimate of drug-likeness (QED) is 0.934. The lowest BCUT2D eigenvalue weighted by Gasteiger charge is -2.07. The van der Waals surface area contributed by atoms with Crippen LogP contribution in [0.25, 0.3) is 0 Å². The van der Waals surface area contributed by atoms with Crippen LogP contribution in [0.3, 0.4) is 0 Å². The molecule has 0 atom stereocenters. The molecule has 0 unspecified atom stereocenters. The third kappa shape index (κ3) is 3.15. The van der Waals surface area contributed by atoms with Gasteiger partial charge in [0.2, 0.25) is 0 Å². The van der Waals surface area contributed by atoms with E-state index in [0.29, 0.717) is 17.7 Å². The molecule has 1 heterocycles. The first-order chi connectivity index (χ1) is 8.97. The van der Waals surface area contributed by atoms with Gasteiger partial charge in [0.25, 0.3) is 5.91 Å². The number of carbonyl (C=O) groups excluding carboxylic acids is 1. The second kappa shape index (κ2) is 5.45. The SMILES string of the molecule is Cc1cc(CNC(=O)c2ccc(Cl)o2)cc(C)c1F. The van der Waals surface area contributed by atoms with Crippen molar-refractivity contribution in [3.63, 3.8) is 0 Å². The molecule has 19 heavy (non-hydrogen) atoms. The van der Waals surface area contributed by atoms with Gasteiger partial charge in [-0.15, -0.1) is 0 Å². The Bertz CT molecular complexity index is 599. The van der Waals surface area contributed by atoms with Gasteiger partial charge in [-0.1, -0.05) is 12.1 Å². The van der Waals surface area contributed by atoms with E-state index in [0.717, 1.165) is 5.56 Å². The Balaban J connectivity index is 2.05. The molecule has 1 amide bonds. The highest BCUT2D eigenvalue weighted by Crippen LogP contribution is 2.15. The van der Waals surface area contributed by atoms with E-state index < -0.39 is 0 Å². The number of amides is 1. The number of hydrogen-bond acceptors (Lipinski definition) is 2. The van der Waals surface area contributed by atoms with Gasteiger partial charge in [-0.05, 0) is 54.3 Å². The van der Waals surface area contributed by atoms with Crippen LogP contribution < -0.4 is 5.32 Å². The Kier molecular flexibility index (Phi) is 3.90. The van der Waals surface area contributed by atoms with Crippen LogP contribution in [-0.2, 0) is 6.54 Å². The standard InChI is InChI=1S/C14H13ClFNO2/c1-8-5-10(6-9(2)13(8)16)7-17-14(18)11-3-4-12(15)19-11/h3-6H,7H2,1-2H3,(H,17,18). The first kappa shape index (κ1) is 13.6. The third-order valence-electron chi connectivity index (χ3n) is 2.75. The van der Waals surface area contributed by atoms with Gasteiger partial charge in [-0.25, -0.2) is 4.39 Å². The second-order valence-electron chi connectivity index (χ2n) is 4.33. The smallest absolute Gasteiger partial charge is 0.287 e. The molecule has 0 saturated carbocycles. The topological polar surface area (TPSA) is 42.2 Å². The van der Waals surface area contributed by atoms with Crippen LogP contribution in [0.2, 0.25) is 5.22 Å². The summed E-state index contributed by atoms with van der Waals surface area (Å²) in [6.07, 6.45) is 0. The summed E-state index contributed by atoms with van der Waals surface area (Å²) < 4.78 is 18.5. The molecule has 2 rings (SSSR count). The molecule has 5 heteroatoms. The summed E-state index contributed by atoms with van der Waals surface area (Å²) in [5.74, 6) is -0.417. The van der Waals surface area contributed by atoms with Gasteiger partial charge >= 0.3 is 0 Å². The molecule has 1 aromatic carbocycles. The highest BCUT2D eigenvalue weighted by Gasteiger charge is 2.11. The van der Waals surface area contributed by atoms with Crippen LogP contribution >= 0.6 is 11.6 Å². The van der Waals surface area contributed by atoms with Crippen molar-refractivity contribution < 1.29 is 13.6 Å². The third-order valence-corrected chi connectivity index (χ3v) is 2.95. The predicted octanol–water partition coefficient (Wildman–Crippen LogP) is 3.62. The number of furan rings is 1. The molecule has 0 radical (unpaired) electrons. The van der Waals surface area contributed by atoms with Crippen molar-refractivity contribution >= 4 is 17.5 Å². The molecule has 0 bridgehead atoms. The Morgan fingerprint density at radius 3 is 2.47 bits per heavy atom. The van der Waals surface area contributed by atoms with Gasteiger partial charge < -0.3 is 9.73 Å². The number of halogens is 2. The van der Waals surface area contributed by atoms with E-state index >= 15 is 0 Å². The van der Waals surface area contributed by atoms with Crippen molar-refractivity contribution in [2.45, 2.75) is 20.4 Å². The van der Waals surface area contributed by atoms with E-state index in [-0.39, 0.29) is 22.7 Å². The number of rotatable bonds is 3. The number of aryl methyl sites for hydroxylation is 2. The van der Waals surface area contributed by atoms with E-state index in [1.807, 2.05) is 0 Å². The molecule has 100 valence electrons. The van der Waals surface area contributed by atoms with Gasteiger partial charge in [0.05, 0.1) is 0 Å². The van der Waals surface area contributed by atoms with E-state index in [1.165, 1.54) is 12.1 Å². The summed E-state index contributed by atoms with van der Waals surface area (Å²) in [6.45, 7) is 3.69. The van der Waals surface area contributed by atoms with Crippen LogP contribution in [0.1, 0.15) is 27.2 Å². The fourth-order valence-electron chi connectivity index (χ4n) is 1.84. The zero-order valence-electron chi connectivity index (χ0n) is 10.6. The minimum atomic E-state index is -0.355. The van der Waals surface area contributed by atoms with E-state index in [4.69, 9.17) is 16.0 Å². The summed E-state index contributed by atoms with van der Waals surface area (Å²) in [5.41, 5.74) is 1.96. The van der Waals surface area contributed by atoms with Crippen LogP contribution in [0.4, 0.5) is 4.39 Å². The molecule has 0 aliphatic carbocycles. The van der Waals surface area contributed by atoms with Crippen LogP contribution in [0.5, 0.6) is 0 Å². The number of carbonyl (C=O) groups is 1. The zero-order valence-corrected chi connectivity index (χ0v) is 11.3. The van der Waals surface area contributed by atoms with Gasteiger partial charge in [0.15, 0.2) is 11.0 Å². The monoisotopic (exact) mass is 281 g/mol. The number of hydrogen-bond donors (Lipinski definition) is 1. The van der Waals surface area contributed by atoms with Gasteiger partial charge in [-0.3, -0.25) is 4.79 Å². The molecule has 3 nitrogen and oxygen atoms in total. The molecule has 0 aliphatic heterocycles. The van der Waals surface area contributed by atoms with Crippen LogP contribution in [-0.4, -0.2) is 5.91 Å². The normalized spacial score (nSPS) is 10.5. The maximum absolute atomic E-state index is 13.5. The lowest BCUT2D eigenvalue weighted by Crippen LogP contribution is -2.22. The summed E-state index contributed by atoms with van der Waals surface area (Å²) >= 11 is 5.59. The molecule has 0 fully saturated rings. The lowest BCUT2D eigenvalue weighted by atomic mass is 10.1. The van der Waals surface area contributed by atoms with Gasteiger partial charge in [0, 0.05) is 6.54 Å². The zero-order chi connectivity index (χ0) is 14.0. The maximum Gasteiger partial charge on any atom is 0.287 e. The minimum Gasteiger partial charge on any atom is -0.440 e. The van der Waals surface area contributed by atoms with Crippen molar-refractivity contribution in [2.75, 3.05) is 0 Å². The fourth-order valence-corrected chi connectivity index (χ4v) is 1.99. The molecule has 1 aromatic heterocycles. The van der Waals surface area contributed by atoms with E-state index in [9.17, 15) is 9.18 Å². The van der Waals surface area contributed by atoms with Gasteiger partial charge in [0.1, 0.15) is 5.82 Å². The molecule has 0 saturated heterocycles. The van der Waals surface area contributed by atoms with Crippen molar-refractivity contribution in [3.05, 3.63) is 57.8 Å². The fraction of sp³-hybridized carbons (Fsp3) is 0.214. The minimum absolute atomic E-state index is 0.153. The molecular formula is C14H13ClFNO2. The molecule has 0 spiro atoms. The van der Waals surface area contributed by atoms with Crippen molar-refractivity contribution in [1.29, 1.82) is 0 Å². The first-order valence-corrected chi connectivity index (χ1v) is 6.14. The van der Waals surface area contributed by atoms with Crippen molar-refractivity contribution in [3.8, 4) is 0 Å². The summed E-state index contributed by atoms with van der Waals surface area (Å²) in [7, 11) is 0. The largest absolute Gasteiger partial charge is 0.440 e. The lowest BCUT2D eigenvalue weighted by molar-refractivity contribution is 0.0923. The summed E-state index contributed by atoms with van der Waals surface area (Å²) in [4.78, 5) is 11.7. The molecule has 2 aromatic rings. The molecule has 1 N–H and O–H groups in total. The second-order valence-corrected chi connectivity index (χ2v) is 4.70. The van der Waals surface area contributed by atoms with Crippen molar-refractivity contribution in [1.82, 2.24) is 5.32 Å². The summed E-state index contributed by atoms with van der Waals surface area (Å²) in [6, 6.07) is 6.41. The predicted molar refractivity (Wildman–Crippen MR) is 70.8 cm³/mol. The van der Waals surface area contributed by atoms with E-state index in [2.05, 4.69) is 5.32 Å². The number of nitrogens with one attached hydrogen (secondary N) is 1. The highest BCUT2D eigenvalue weighted by atomic mass is 35.5. The highest BCUT2D eigenvalue weighted by molar-refractivity contribution is 6.29. The summed E-state index contributed by atoms with van der Waals surface area (Å²) in [5, 5.41) is 2.85. The average molecular weight is 282 g/mol. The number of benzene rings is 1. The maximum atomic E-state index is 13.5. The van der Waals surface area contributed by atoms with Crippen molar-refractivity contribution in [2.24, 2.45) is 0 Å². The average Bonchev–Trinajstić information content (AvgIpc) is 2.79. The first-order valence-electron chi connectivity index (χ1n) is 5.76. The molecular weight excluding hydrogens is 269 g/mol. The van der Waals surface area contributed by atoms with E-state index in [1.54, 1.807) is 26.0 Å². The molecule has 0 aliphatic rings. The Hall–Kier alpha value is -1.81. The van der Waals surface area contributed by atoms with Crippen LogP contribution in [0, 0.1) is 19.7 Å². The van der Waals surface area contributed by atoms with Crippen LogP contribution in [0.15, 0.2) is 28.7 Å². The van der Waals surface area contributed by atoms with Gasteiger partial charge in [-0.2, -0.15) is 0 Å². The Morgan fingerprint density at radius 2 is 1.95 bits per heavy atom.